The number of hydrogen-bond donors (Lipinski definition) is 3. The van der Waals surface area contributed by atoms with Gasteiger partial charge in [-0.25, -0.2) is 9.59 Å². The number of oxime groups is 1. The summed E-state index contributed by atoms with van der Waals surface area (Å²) in [6.07, 6.45) is 9.31. The van der Waals surface area contributed by atoms with Crippen LogP contribution in [0.1, 0.15) is 93.7 Å². The predicted molar refractivity (Wildman–Crippen MR) is 266 cm³/mol. The molecule has 4 aliphatic rings. The van der Waals surface area contributed by atoms with Crippen molar-refractivity contribution in [1.29, 1.82) is 0 Å². The average molecular weight is 960 g/mol. The van der Waals surface area contributed by atoms with Crippen LogP contribution in [-0.4, -0.2) is 97.3 Å². The molecule has 1 saturated heterocycles. The number of nitrogens with zero attached hydrogens (tertiary/aromatic N) is 2. The van der Waals surface area contributed by atoms with Crippen LogP contribution in [0.3, 0.4) is 0 Å². The van der Waals surface area contributed by atoms with E-state index in [1.54, 1.807) is 17.0 Å². The lowest BCUT2D eigenvalue weighted by molar-refractivity contribution is -0.256. The van der Waals surface area contributed by atoms with Crippen LogP contribution >= 0.6 is 0 Å². The summed E-state index contributed by atoms with van der Waals surface area (Å²) in [7, 11) is 0. The molecule has 14 nitrogen and oxygen atoms in total. The Labute approximate surface area is 411 Å². The lowest BCUT2D eigenvalue weighted by atomic mass is 9.55. The van der Waals surface area contributed by atoms with Gasteiger partial charge in [0.1, 0.15) is 24.1 Å². The normalized spacial score (nSPS) is 24.1. The number of carbonyl (C=O) groups excluding carboxylic acids is 2. The van der Waals surface area contributed by atoms with Crippen molar-refractivity contribution in [2.24, 2.45) is 22.9 Å². The molecule has 374 valence electrons. The SMILES string of the molecule is C=CCO[C@@]12Oc3ccc(OC(=O)NCC)cc3[C@H]3[C@H](CCCCO)[C@@H](CCCCO)C=C(C(=NOC4CCCCO4)C[C@@H]1N(Cc1cccc4ccccc14)C(=O)OCCOCc1ccccc1)[C@H]32. The Kier molecular flexibility index (Phi) is 18.0. The van der Waals surface area contributed by atoms with Crippen molar-refractivity contribution in [3.8, 4) is 11.5 Å². The first-order valence-electron chi connectivity index (χ1n) is 25.2. The van der Waals surface area contributed by atoms with Crippen LogP contribution in [-0.2, 0) is 36.9 Å². The van der Waals surface area contributed by atoms with Crippen molar-refractivity contribution in [3.63, 3.8) is 0 Å². The molecule has 4 aromatic carbocycles. The minimum Gasteiger partial charge on any atom is -0.459 e. The highest BCUT2D eigenvalue weighted by Gasteiger charge is 2.66. The van der Waals surface area contributed by atoms with Gasteiger partial charge in [0.15, 0.2) is 0 Å². The maximum atomic E-state index is 15.3. The Balaban J connectivity index is 1.30. The van der Waals surface area contributed by atoms with Gasteiger partial charge in [0.25, 0.3) is 0 Å². The van der Waals surface area contributed by atoms with Gasteiger partial charge in [-0.05, 0) is 103 Å². The van der Waals surface area contributed by atoms with Crippen molar-refractivity contribution in [2.45, 2.75) is 108 Å². The van der Waals surface area contributed by atoms with Gasteiger partial charge >= 0.3 is 12.2 Å². The first-order valence-corrected chi connectivity index (χ1v) is 25.2. The van der Waals surface area contributed by atoms with Gasteiger partial charge in [0.05, 0.1) is 44.6 Å². The Hall–Kier alpha value is -5.77. The Morgan fingerprint density at radius 3 is 2.53 bits per heavy atom. The summed E-state index contributed by atoms with van der Waals surface area (Å²) in [5.74, 6) is -1.67. The van der Waals surface area contributed by atoms with E-state index in [0.29, 0.717) is 56.2 Å². The van der Waals surface area contributed by atoms with Crippen LogP contribution in [0.5, 0.6) is 11.5 Å². The fraction of sp³-hybridized carbons (Fsp3) is 0.482. The zero-order valence-electron chi connectivity index (χ0n) is 40.4. The fourth-order valence-electron chi connectivity index (χ4n) is 10.9. The van der Waals surface area contributed by atoms with Gasteiger partial charge in [0, 0.05) is 44.1 Å². The first-order chi connectivity index (χ1) is 34.4. The summed E-state index contributed by atoms with van der Waals surface area (Å²) in [4.78, 5) is 36.3. The third-order valence-electron chi connectivity index (χ3n) is 14.0. The molecule has 70 heavy (non-hydrogen) atoms. The predicted octanol–water partition coefficient (Wildman–Crippen LogP) is 9.96. The van der Waals surface area contributed by atoms with Crippen LogP contribution in [0.15, 0.2) is 120 Å². The number of nitrogens with one attached hydrogen (secondary N) is 1. The van der Waals surface area contributed by atoms with Crippen molar-refractivity contribution >= 4 is 28.7 Å². The van der Waals surface area contributed by atoms with Crippen molar-refractivity contribution < 1.29 is 53.1 Å². The Morgan fingerprint density at radius 2 is 1.74 bits per heavy atom. The van der Waals surface area contributed by atoms with Crippen LogP contribution in [0.2, 0.25) is 0 Å². The van der Waals surface area contributed by atoms with E-state index in [1.165, 1.54) is 0 Å². The van der Waals surface area contributed by atoms with Crippen molar-refractivity contribution in [2.75, 3.05) is 46.2 Å². The molecule has 2 fully saturated rings. The summed E-state index contributed by atoms with van der Waals surface area (Å²) in [5.41, 5.74) is 4.25. The van der Waals surface area contributed by atoms with Crippen molar-refractivity contribution in [1.82, 2.24) is 10.2 Å². The molecule has 0 radical (unpaired) electrons. The number of ether oxygens (including phenoxy) is 6. The number of aliphatic hydroxyl groups is 2. The minimum absolute atomic E-state index is 0.00201. The van der Waals surface area contributed by atoms with Gasteiger partial charge in [-0.15, -0.1) is 6.58 Å². The molecular formula is C56H69N3O11. The molecule has 2 aliphatic carbocycles. The molecule has 14 heteroatoms. The quantitative estimate of drug-likeness (QED) is 0.0368. The van der Waals surface area contributed by atoms with E-state index in [0.717, 1.165) is 71.6 Å². The van der Waals surface area contributed by atoms with E-state index in [9.17, 15) is 15.0 Å². The van der Waals surface area contributed by atoms with Gasteiger partial charge < -0.3 is 48.8 Å². The maximum absolute atomic E-state index is 15.3. The second-order valence-electron chi connectivity index (χ2n) is 18.5. The number of fused-ring (bicyclic) bond motifs is 3. The molecular weight excluding hydrogens is 891 g/mol. The van der Waals surface area contributed by atoms with E-state index in [-0.39, 0.29) is 63.8 Å². The molecule has 2 amide bonds. The summed E-state index contributed by atoms with van der Waals surface area (Å²) < 4.78 is 38.8. The van der Waals surface area contributed by atoms with E-state index in [2.05, 4.69) is 36.2 Å². The molecule has 2 aliphatic heterocycles. The lowest BCUT2D eigenvalue weighted by Crippen LogP contribution is -2.70. The number of amides is 2. The fourth-order valence-corrected chi connectivity index (χ4v) is 10.9. The summed E-state index contributed by atoms with van der Waals surface area (Å²) >= 11 is 0. The molecule has 0 spiro atoms. The van der Waals surface area contributed by atoms with Crippen LogP contribution < -0.4 is 14.8 Å². The minimum atomic E-state index is -1.56. The van der Waals surface area contributed by atoms with Gasteiger partial charge in [-0.3, -0.25) is 4.90 Å². The van der Waals surface area contributed by atoms with Crippen molar-refractivity contribution in [3.05, 3.63) is 132 Å². The molecule has 3 N–H and O–H groups in total. The standard InChI is InChI=1S/C56H69N3O11/c1-3-30-67-56-50(59(37-42-22-16-21-40-19-8-9-23-44(40)42)55(63)66-33-32-64-38-39-17-6-5-7-18-39)36-48(58-70-51-25-12-15-31-65-51)46-34-41(20-10-13-28-60)45(24-11-14-29-61)52(53(46)56)47-35-43(26-27-49(47)69-56)68-54(62)57-4-2/h3,5-9,16-19,21-23,26-27,34-35,41,45,50-53,60-61H,1,4,10-15,20,24-25,28-33,36-38H2,2H3,(H,57,62)/t41-,45+,50-,51?,52+,53+,56+/m0/s1. The maximum Gasteiger partial charge on any atom is 0.412 e. The van der Waals surface area contributed by atoms with E-state index in [4.69, 9.17) is 38.4 Å². The monoisotopic (exact) mass is 959 g/mol. The number of benzene rings is 4. The van der Waals surface area contributed by atoms with Crippen LogP contribution in [0.25, 0.3) is 10.8 Å². The summed E-state index contributed by atoms with van der Waals surface area (Å²) in [6, 6.07) is 28.6. The molecule has 1 unspecified atom stereocenters. The Bertz CT molecular complexity index is 2420. The summed E-state index contributed by atoms with van der Waals surface area (Å²) in [5, 5.41) is 29.8. The highest BCUT2D eigenvalue weighted by Crippen LogP contribution is 2.62. The molecule has 7 atom stereocenters. The number of allylic oxidation sites excluding steroid dienone is 1. The second kappa shape index (κ2) is 24.9. The molecule has 0 bridgehead atoms. The largest absolute Gasteiger partial charge is 0.459 e. The first kappa shape index (κ1) is 50.6. The van der Waals surface area contributed by atoms with E-state index in [1.807, 2.05) is 73.7 Å². The number of hydrogen-bond acceptors (Lipinski definition) is 12. The zero-order valence-corrected chi connectivity index (χ0v) is 40.4. The molecule has 8 rings (SSSR count). The van der Waals surface area contributed by atoms with Crippen LogP contribution in [0, 0.1) is 17.8 Å². The topological polar surface area (TPSA) is 167 Å². The number of aliphatic hydroxyl groups excluding tert-OH is 2. The highest BCUT2D eigenvalue weighted by molar-refractivity contribution is 6.03. The third-order valence-corrected chi connectivity index (χ3v) is 14.0. The molecule has 0 aromatic heterocycles. The van der Waals surface area contributed by atoms with Gasteiger partial charge in [-0.2, -0.15) is 0 Å². The van der Waals surface area contributed by atoms with Gasteiger partial charge in [-0.1, -0.05) is 103 Å². The molecule has 2 heterocycles. The zero-order chi connectivity index (χ0) is 48.7. The summed E-state index contributed by atoms with van der Waals surface area (Å²) in [6.45, 7) is 7.74. The van der Waals surface area contributed by atoms with Gasteiger partial charge in [0.2, 0.25) is 12.1 Å². The second-order valence-corrected chi connectivity index (χ2v) is 18.5. The van der Waals surface area contributed by atoms with E-state index < -0.39 is 36.2 Å². The molecule has 4 aromatic rings. The lowest BCUT2D eigenvalue weighted by Gasteiger charge is -2.60. The van der Waals surface area contributed by atoms with E-state index >= 15 is 4.79 Å². The smallest absolute Gasteiger partial charge is 0.412 e. The average Bonchev–Trinajstić information content (AvgIpc) is 3.38. The third kappa shape index (κ3) is 11.9. The highest BCUT2D eigenvalue weighted by atomic mass is 16.8. The Morgan fingerprint density at radius 1 is 0.943 bits per heavy atom. The number of unbranched alkanes of at least 4 members (excludes halogenated alkanes) is 2. The molecule has 1 saturated carbocycles. The van der Waals surface area contributed by atoms with Crippen LogP contribution in [0.4, 0.5) is 9.59 Å². The number of carbonyl (C=O) groups is 2. The number of rotatable bonds is 23.